The zero-order chi connectivity index (χ0) is 36.2. The maximum Gasteiger partial charge on any atom is 0.344 e. The number of carbonyl (C=O) groups is 3. The highest BCUT2D eigenvalue weighted by Crippen LogP contribution is 2.32. The number of rotatable bonds is 12. The highest BCUT2D eigenvalue weighted by atomic mass is 32.2. The Morgan fingerprint density at radius 3 is 1.75 bits per heavy atom. The molecule has 0 aliphatic rings. The molecule has 10 nitrogen and oxygen atoms in total. The number of carboxylic acid groups (broad SMARTS) is 1. The summed E-state index contributed by atoms with van der Waals surface area (Å²) in [5, 5.41) is 18.9. The lowest BCUT2D eigenvalue weighted by Gasteiger charge is -2.13. The lowest BCUT2D eigenvalue weighted by Crippen LogP contribution is -2.14. The second-order valence-electron chi connectivity index (χ2n) is 10.6. The summed E-state index contributed by atoms with van der Waals surface area (Å²) in [5.41, 5.74) is 3.78. The molecule has 0 radical (unpaired) electrons. The molecular formula is C40H30O10S. The fourth-order valence-electron chi connectivity index (χ4n) is 4.99. The van der Waals surface area contributed by atoms with E-state index in [4.69, 9.17) is 23.7 Å². The topological polar surface area (TPSA) is 146 Å². The summed E-state index contributed by atoms with van der Waals surface area (Å²) in [6.45, 7) is 1.93. The van der Waals surface area contributed by atoms with Crippen molar-refractivity contribution >= 4 is 29.8 Å². The van der Waals surface area contributed by atoms with Crippen LogP contribution in [0.3, 0.4) is 0 Å². The molecule has 0 spiro atoms. The van der Waals surface area contributed by atoms with Gasteiger partial charge in [-0.2, -0.15) is 0 Å². The third-order valence-electron chi connectivity index (χ3n) is 7.41. The second kappa shape index (κ2) is 17.3. The number of esters is 1. The van der Waals surface area contributed by atoms with Gasteiger partial charge in [0.25, 0.3) is 0 Å². The Morgan fingerprint density at radius 2 is 1.16 bits per heavy atom. The standard InChI is InChI=1S/C39H28O9S.CH2O/c40-38(41)36-24-29(27-9-5-2-6-10-27)11-21-35(36)39(42)47-32-17-19-34(20-18-32)49(44)48-33-15-13-31(14-16-33)46-37-22-12-28(23-30(37)25-45-43)26-7-3-1-4-8-26;1-2/h1-24,43H,25H2,(H,40,41);1H2. The summed E-state index contributed by atoms with van der Waals surface area (Å²) in [5.74, 6) is -0.664. The second-order valence-corrected chi connectivity index (χ2v) is 11.8. The number of ether oxygens (including phenoxy) is 2. The van der Waals surface area contributed by atoms with E-state index in [2.05, 4.69) is 4.89 Å². The van der Waals surface area contributed by atoms with Crippen LogP contribution in [0.4, 0.5) is 0 Å². The summed E-state index contributed by atoms with van der Waals surface area (Å²) in [4.78, 5) is 37.6. The number of carboxylic acids is 1. The van der Waals surface area contributed by atoms with Gasteiger partial charge in [0.15, 0.2) is 0 Å². The van der Waals surface area contributed by atoms with Crippen molar-refractivity contribution in [1.82, 2.24) is 0 Å². The molecule has 1 unspecified atom stereocenters. The Labute approximate surface area is 295 Å². The molecule has 0 saturated carbocycles. The highest BCUT2D eigenvalue weighted by molar-refractivity contribution is 7.80. The van der Waals surface area contributed by atoms with Gasteiger partial charge in [-0.3, -0.25) is 5.26 Å². The molecule has 51 heavy (non-hydrogen) atoms. The molecule has 256 valence electrons. The molecule has 6 rings (SSSR count). The van der Waals surface area contributed by atoms with Crippen LogP contribution in [0.5, 0.6) is 23.0 Å². The molecule has 2 N–H and O–H groups in total. The van der Waals surface area contributed by atoms with Gasteiger partial charge in [-0.05, 0) is 95.1 Å². The van der Waals surface area contributed by atoms with E-state index < -0.39 is 23.0 Å². The molecule has 0 aliphatic heterocycles. The predicted molar refractivity (Wildman–Crippen MR) is 190 cm³/mol. The van der Waals surface area contributed by atoms with E-state index in [1.54, 1.807) is 36.4 Å². The molecule has 0 bridgehead atoms. The van der Waals surface area contributed by atoms with E-state index in [9.17, 15) is 18.9 Å². The third kappa shape index (κ3) is 9.19. The maximum atomic E-state index is 12.9. The Bertz CT molecular complexity index is 2120. The monoisotopic (exact) mass is 702 g/mol. The van der Waals surface area contributed by atoms with Gasteiger partial charge in [0.05, 0.1) is 16.0 Å². The lowest BCUT2D eigenvalue weighted by molar-refractivity contribution is -0.253. The summed E-state index contributed by atoms with van der Waals surface area (Å²) < 4.78 is 30.0. The lowest BCUT2D eigenvalue weighted by atomic mass is 9.99. The molecule has 0 amide bonds. The van der Waals surface area contributed by atoms with Crippen molar-refractivity contribution in [2.45, 2.75) is 11.5 Å². The van der Waals surface area contributed by atoms with E-state index in [0.717, 1.165) is 16.7 Å². The van der Waals surface area contributed by atoms with Crippen LogP contribution in [0.25, 0.3) is 22.3 Å². The first-order chi connectivity index (χ1) is 24.9. The van der Waals surface area contributed by atoms with Crippen molar-refractivity contribution in [2.75, 3.05) is 0 Å². The van der Waals surface area contributed by atoms with Crippen LogP contribution < -0.4 is 13.7 Å². The van der Waals surface area contributed by atoms with Crippen LogP contribution in [0.1, 0.15) is 26.3 Å². The van der Waals surface area contributed by atoms with Gasteiger partial charge in [0.2, 0.25) is 11.1 Å². The van der Waals surface area contributed by atoms with Gasteiger partial charge >= 0.3 is 11.9 Å². The van der Waals surface area contributed by atoms with Crippen LogP contribution in [0.2, 0.25) is 0 Å². The van der Waals surface area contributed by atoms with E-state index in [-0.39, 0.29) is 23.5 Å². The van der Waals surface area contributed by atoms with E-state index >= 15 is 0 Å². The number of benzene rings is 6. The molecule has 0 saturated heterocycles. The maximum absolute atomic E-state index is 12.9. The molecule has 0 aromatic heterocycles. The van der Waals surface area contributed by atoms with Gasteiger partial charge in [-0.1, -0.05) is 72.8 Å². The molecule has 0 fully saturated rings. The minimum Gasteiger partial charge on any atom is -0.478 e. The summed E-state index contributed by atoms with van der Waals surface area (Å²) in [7, 11) is 0. The van der Waals surface area contributed by atoms with E-state index in [1.807, 2.05) is 79.6 Å². The molecule has 0 heterocycles. The quantitative estimate of drug-likeness (QED) is 0.0550. The predicted octanol–water partition coefficient (Wildman–Crippen LogP) is 8.64. The summed E-state index contributed by atoms with van der Waals surface area (Å²) >= 11 is -1.90. The van der Waals surface area contributed by atoms with Crippen LogP contribution in [-0.4, -0.2) is 33.3 Å². The first-order valence-electron chi connectivity index (χ1n) is 15.2. The number of hydrogen-bond acceptors (Lipinski definition) is 9. The van der Waals surface area contributed by atoms with Crippen molar-refractivity contribution in [3.8, 4) is 45.3 Å². The largest absolute Gasteiger partial charge is 0.478 e. The molecule has 0 aliphatic carbocycles. The minimum atomic E-state index is -1.90. The summed E-state index contributed by atoms with van der Waals surface area (Å²) in [6.07, 6.45) is 0. The average molecular weight is 703 g/mol. The van der Waals surface area contributed by atoms with E-state index in [0.29, 0.717) is 33.3 Å². The summed E-state index contributed by atoms with van der Waals surface area (Å²) in [6, 6.07) is 41.5. The smallest absolute Gasteiger partial charge is 0.344 e. The normalized spacial score (nSPS) is 11.0. The fourth-order valence-corrected chi connectivity index (χ4v) is 5.73. The highest BCUT2D eigenvalue weighted by Gasteiger charge is 2.20. The number of carbonyl (C=O) groups excluding carboxylic acids is 2. The van der Waals surface area contributed by atoms with Gasteiger partial charge in [-0.15, -0.1) is 0 Å². The van der Waals surface area contributed by atoms with Gasteiger partial charge in [-0.25, -0.2) is 18.7 Å². The van der Waals surface area contributed by atoms with Crippen molar-refractivity contribution in [3.63, 3.8) is 0 Å². The Kier molecular flexibility index (Phi) is 12.2. The Balaban J connectivity index is 0.00000248. The zero-order valence-corrected chi connectivity index (χ0v) is 27.7. The molecule has 1 atom stereocenters. The molecule has 11 heteroatoms. The van der Waals surface area contributed by atoms with Gasteiger partial charge in [0, 0.05) is 5.56 Å². The van der Waals surface area contributed by atoms with Crippen molar-refractivity contribution in [2.24, 2.45) is 0 Å². The van der Waals surface area contributed by atoms with Crippen LogP contribution in [-0.2, 0) is 27.4 Å². The average Bonchev–Trinajstić information content (AvgIpc) is 3.18. The Morgan fingerprint density at radius 1 is 0.608 bits per heavy atom. The van der Waals surface area contributed by atoms with Crippen LogP contribution >= 0.6 is 0 Å². The SMILES string of the molecule is C=O.O=C(O)c1cc(-c2ccccc2)ccc1C(=O)Oc1ccc(S(=O)Oc2ccc(Oc3ccc(-c4ccccc4)cc3COO)cc2)cc1. The first kappa shape index (κ1) is 35.9. The van der Waals surface area contributed by atoms with Crippen molar-refractivity contribution in [1.29, 1.82) is 0 Å². The van der Waals surface area contributed by atoms with Crippen molar-refractivity contribution < 1.29 is 47.5 Å². The first-order valence-corrected chi connectivity index (χ1v) is 16.3. The zero-order valence-electron chi connectivity index (χ0n) is 26.8. The third-order valence-corrected chi connectivity index (χ3v) is 8.42. The minimum absolute atomic E-state index is 0.0700. The fraction of sp³-hybridized carbons (Fsp3) is 0.0250. The molecular weight excluding hydrogens is 672 g/mol. The van der Waals surface area contributed by atoms with Crippen molar-refractivity contribution in [3.05, 3.63) is 162 Å². The van der Waals surface area contributed by atoms with Crippen LogP contribution in [0.15, 0.2) is 150 Å². The van der Waals surface area contributed by atoms with E-state index in [1.165, 1.54) is 36.4 Å². The molecule has 6 aromatic rings. The Hall–Kier alpha value is -6.40. The van der Waals surface area contributed by atoms with Gasteiger partial charge in [0.1, 0.15) is 36.4 Å². The number of hydrogen-bond donors (Lipinski definition) is 2. The van der Waals surface area contributed by atoms with Crippen LogP contribution in [0, 0.1) is 0 Å². The molecule has 6 aromatic carbocycles. The van der Waals surface area contributed by atoms with Gasteiger partial charge < -0.3 is 23.6 Å². The number of aromatic carboxylic acids is 1.